The lowest BCUT2D eigenvalue weighted by atomic mass is 10.1. The molecule has 0 unspecified atom stereocenters. The van der Waals surface area contributed by atoms with E-state index in [1.807, 2.05) is 51.1 Å². The molecule has 14 nitrogen and oxygen atoms in total. The summed E-state index contributed by atoms with van der Waals surface area (Å²) in [6, 6.07) is 11.7. The number of amides is 1. The average Bonchev–Trinajstić information content (AvgIpc) is 3.71. The molecule has 2 aliphatic heterocycles. The monoisotopic (exact) mass is 648 g/mol. The van der Waals surface area contributed by atoms with Crippen LogP contribution in [0.5, 0.6) is 5.75 Å². The molecule has 0 saturated carbocycles. The number of thiazole rings is 1. The maximum atomic E-state index is 12.8. The lowest BCUT2D eigenvalue weighted by Crippen LogP contribution is -2.47. The minimum Gasteiger partial charge on any atom is -0.494 e. The number of carbonyl (C=O) groups excluding carboxylic acids is 1. The number of tetrazole rings is 1. The van der Waals surface area contributed by atoms with Crippen molar-refractivity contribution in [1.82, 2.24) is 40.0 Å². The van der Waals surface area contributed by atoms with Crippen molar-refractivity contribution in [2.75, 3.05) is 57.1 Å². The Kier molecular flexibility index (Phi) is 9.61. The Balaban J connectivity index is 1.19. The van der Waals surface area contributed by atoms with Gasteiger partial charge in [-0.1, -0.05) is 23.5 Å². The summed E-state index contributed by atoms with van der Waals surface area (Å²) in [4.78, 5) is 28.6. The molecule has 1 atom stereocenters. The molecular weight excluding hydrogens is 608 g/mol. The van der Waals surface area contributed by atoms with Crippen LogP contribution in [0.3, 0.4) is 0 Å². The summed E-state index contributed by atoms with van der Waals surface area (Å²) < 4.78 is 16.6. The van der Waals surface area contributed by atoms with E-state index in [4.69, 9.17) is 19.2 Å². The molecule has 2 saturated heterocycles. The van der Waals surface area contributed by atoms with E-state index in [0.29, 0.717) is 41.3 Å². The van der Waals surface area contributed by atoms with Gasteiger partial charge < -0.3 is 29.7 Å². The summed E-state index contributed by atoms with van der Waals surface area (Å²) >= 11 is 1.41. The van der Waals surface area contributed by atoms with Crippen LogP contribution in [0.1, 0.15) is 39.2 Å². The molecule has 0 bridgehead atoms. The molecule has 2 fully saturated rings. The van der Waals surface area contributed by atoms with Crippen LogP contribution in [0, 0.1) is 0 Å². The van der Waals surface area contributed by atoms with E-state index in [2.05, 4.69) is 42.0 Å². The van der Waals surface area contributed by atoms with Gasteiger partial charge in [-0.25, -0.2) is 14.8 Å². The number of anilines is 3. The van der Waals surface area contributed by atoms with E-state index >= 15 is 0 Å². The second kappa shape index (κ2) is 14.0. The molecule has 5 heterocycles. The van der Waals surface area contributed by atoms with Gasteiger partial charge in [0.1, 0.15) is 28.7 Å². The van der Waals surface area contributed by atoms with Crippen LogP contribution < -0.4 is 15.4 Å². The number of nitrogens with one attached hydrogen (secondary N) is 2. The standard InChI is InChI=1S/C31H40N10O4S/c1-31(2,3)45-30(42)40-11-7-8-22(20-40)33-26-16-21(19-39-12-14-44-15-13-39)17-27(34-26)35-29-32-18-25(46-29)28-36-38-41(37-28)23-9-5-6-10-24(23)43-4/h5-6,9-10,16-18,22H,7-8,11-15,19-20H2,1-4H3,(H2,32,33,34,35)/t22-/m0/s1. The number of pyridine rings is 1. The molecule has 2 N–H and O–H groups in total. The second-order valence-electron chi connectivity index (χ2n) is 12.3. The van der Waals surface area contributed by atoms with Crippen LogP contribution in [0.15, 0.2) is 42.6 Å². The Hall–Kier alpha value is -4.34. The molecule has 2 aliphatic rings. The van der Waals surface area contributed by atoms with Crippen molar-refractivity contribution in [3.05, 3.63) is 48.2 Å². The highest BCUT2D eigenvalue weighted by molar-refractivity contribution is 7.18. The molecule has 15 heteroatoms. The van der Waals surface area contributed by atoms with Crippen molar-refractivity contribution < 1.29 is 19.0 Å². The van der Waals surface area contributed by atoms with E-state index in [9.17, 15) is 4.79 Å². The number of piperidine rings is 1. The van der Waals surface area contributed by atoms with E-state index < -0.39 is 5.60 Å². The fraction of sp³-hybridized carbons (Fsp3) is 0.484. The minimum atomic E-state index is -0.537. The number of para-hydroxylation sites is 2. The molecule has 4 aromatic rings. The van der Waals surface area contributed by atoms with Gasteiger partial charge in [0.25, 0.3) is 0 Å². The first-order chi connectivity index (χ1) is 22.2. The first-order valence-electron chi connectivity index (χ1n) is 15.4. The van der Waals surface area contributed by atoms with Gasteiger partial charge in [-0.05, 0) is 68.7 Å². The van der Waals surface area contributed by atoms with Gasteiger partial charge in [0, 0.05) is 38.8 Å². The number of nitrogens with zero attached hydrogens (tertiary/aromatic N) is 8. The summed E-state index contributed by atoms with van der Waals surface area (Å²) in [6.07, 6.45) is 3.25. The third-order valence-corrected chi connectivity index (χ3v) is 8.40. The lowest BCUT2D eigenvalue weighted by Gasteiger charge is -2.34. The lowest BCUT2D eigenvalue weighted by molar-refractivity contribution is 0.0206. The van der Waals surface area contributed by atoms with E-state index in [1.165, 1.54) is 16.1 Å². The molecular formula is C31H40N10O4S. The highest BCUT2D eigenvalue weighted by Gasteiger charge is 2.28. The highest BCUT2D eigenvalue weighted by Crippen LogP contribution is 2.30. The molecule has 0 spiro atoms. The zero-order valence-electron chi connectivity index (χ0n) is 26.6. The summed E-state index contributed by atoms with van der Waals surface area (Å²) in [6.45, 7) is 10.8. The smallest absolute Gasteiger partial charge is 0.410 e. The van der Waals surface area contributed by atoms with Crippen LogP contribution in [0.4, 0.5) is 21.6 Å². The quantitative estimate of drug-likeness (QED) is 0.262. The van der Waals surface area contributed by atoms with Crippen LogP contribution in [-0.4, -0.2) is 104 Å². The number of hydrogen-bond acceptors (Lipinski definition) is 13. The van der Waals surface area contributed by atoms with Gasteiger partial charge in [0.15, 0.2) is 5.13 Å². The Morgan fingerprint density at radius 3 is 2.74 bits per heavy atom. The summed E-state index contributed by atoms with van der Waals surface area (Å²) in [5.41, 5.74) is 1.27. The van der Waals surface area contributed by atoms with Crippen molar-refractivity contribution in [1.29, 1.82) is 0 Å². The first kappa shape index (κ1) is 31.6. The number of ether oxygens (including phenoxy) is 3. The van der Waals surface area contributed by atoms with Crippen molar-refractivity contribution in [3.63, 3.8) is 0 Å². The fourth-order valence-electron chi connectivity index (χ4n) is 5.39. The van der Waals surface area contributed by atoms with Crippen molar-refractivity contribution in [2.24, 2.45) is 0 Å². The number of carbonyl (C=O) groups is 1. The Bertz CT molecular complexity index is 1630. The van der Waals surface area contributed by atoms with E-state index in [1.54, 1.807) is 18.2 Å². The van der Waals surface area contributed by atoms with Crippen molar-refractivity contribution in [2.45, 2.75) is 51.8 Å². The van der Waals surface area contributed by atoms with Crippen LogP contribution in [0.25, 0.3) is 16.4 Å². The van der Waals surface area contributed by atoms with Crippen molar-refractivity contribution >= 4 is 34.2 Å². The third-order valence-electron chi connectivity index (χ3n) is 7.50. The van der Waals surface area contributed by atoms with Gasteiger partial charge in [0.2, 0.25) is 5.82 Å². The first-order valence-corrected chi connectivity index (χ1v) is 16.3. The van der Waals surface area contributed by atoms with Crippen LogP contribution >= 0.6 is 11.3 Å². The molecule has 1 amide bonds. The number of rotatable bonds is 9. The molecule has 244 valence electrons. The van der Waals surface area contributed by atoms with Gasteiger partial charge in [-0.2, -0.15) is 0 Å². The fourth-order valence-corrected chi connectivity index (χ4v) is 6.13. The predicted octanol–water partition coefficient (Wildman–Crippen LogP) is 4.58. The zero-order chi connectivity index (χ0) is 32.1. The van der Waals surface area contributed by atoms with Gasteiger partial charge in [-0.3, -0.25) is 4.90 Å². The molecule has 6 rings (SSSR count). The minimum absolute atomic E-state index is 0.0450. The highest BCUT2D eigenvalue weighted by atomic mass is 32.1. The molecule has 46 heavy (non-hydrogen) atoms. The summed E-state index contributed by atoms with van der Waals surface area (Å²) in [5, 5.41) is 20.6. The predicted molar refractivity (Wildman–Crippen MR) is 175 cm³/mol. The number of hydrogen-bond donors (Lipinski definition) is 2. The number of methoxy groups -OCH3 is 1. The number of morpholine rings is 1. The average molecular weight is 649 g/mol. The molecule has 0 aliphatic carbocycles. The van der Waals surface area contributed by atoms with E-state index in [0.717, 1.165) is 61.9 Å². The number of aromatic nitrogens is 6. The van der Waals surface area contributed by atoms with Gasteiger partial charge >= 0.3 is 6.09 Å². The Morgan fingerprint density at radius 2 is 1.93 bits per heavy atom. The van der Waals surface area contributed by atoms with Crippen molar-refractivity contribution in [3.8, 4) is 22.1 Å². The number of benzene rings is 1. The Labute approximate surface area is 272 Å². The van der Waals surface area contributed by atoms with Crippen LogP contribution in [-0.2, 0) is 16.0 Å². The SMILES string of the molecule is COc1ccccc1-n1nnc(-c2cnc(Nc3cc(CN4CCOCC4)cc(N[C@H]4CCCN(C(=O)OC(C)(C)C)C4)n3)s2)n1. The van der Waals surface area contributed by atoms with Gasteiger partial charge in [-0.15, -0.1) is 15.0 Å². The number of likely N-dealkylation sites (tertiary alicyclic amines) is 1. The maximum absolute atomic E-state index is 12.8. The van der Waals surface area contributed by atoms with Gasteiger partial charge in [0.05, 0.1) is 31.4 Å². The normalized spacial score (nSPS) is 17.5. The summed E-state index contributed by atoms with van der Waals surface area (Å²) in [5.74, 6) is 2.51. The second-order valence-corrected chi connectivity index (χ2v) is 13.3. The topological polar surface area (TPSA) is 145 Å². The van der Waals surface area contributed by atoms with E-state index in [-0.39, 0.29) is 12.1 Å². The largest absolute Gasteiger partial charge is 0.494 e. The molecule has 3 aromatic heterocycles. The van der Waals surface area contributed by atoms with Crippen LogP contribution in [0.2, 0.25) is 0 Å². The zero-order valence-corrected chi connectivity index (χ0v) is 27.4. The molecule has 0 radical (unpaired) electrons. The third kappa shape index (κ3) is 8.08. The Morgan fingerprint density at radius 1 is 1.13 bits per heavy atom. The summed E-state index contributed by atoms with van der Waals surface area (Å²) in [7, 11) is 1.61. The maximum Gasteiger partial charge on any atom is 0.410 e. The molecule has 1 aromatic carbocycles.